The Morgan fingerprint density at radius 3 is 2.70 bits per heavy atom. The van der Waals surface area contributed by atoms with Gasteiger partial charge in [-0.25, -0.2) is 4.98 Å². The van der Waals surface area contributed by atoms with Crippen LogP contribution >= 0.6 is 0 Å². The number of piperidine rings is 1. The predicted octanol–water partition coefficient (Wildman–Crippen LogP) is 2.94. The van der Waals surface area contributed by atoms with Gasteiger partial charge in [0.25, 0.3) is 5.91 Å². The number of anilines is 2. The average Bonchev–Trinajstić information content (AvgIpc) is 3.30. The molecular weight excluding hydrogens is 420 g/mol. The smallest absolute Gasteiger partial charge is 0.270 e. The molecule has 0 aliphatic carbocycles. The van der Waals surface area contributed by atoms with Crippen molar-refractivity contribution in [3.05, 3.63) is 53.9 Å². The fourth-order valence-corrected chi connectivity index (χ4v) is 3.94. The normalized spacial score (nSPS) is 14.8. The van der Waals surface area contributed by atoms with Crippen LogP contribution in [0.3, 0.4) is 0 Å². The highest BCUT2D eigenvalue weighted by Gasteiger charge is 2.22. The molecule has 0 bridgehead atoms. The molecule has 3 heterocycles. The summed E-state index contributed by atoms with van der Waals surface area (Å²) >= 11 is 0. The fourth-order valence-electron chi connectivity index (χ4n) is 3.94. The molecule has 9 nitrogen and oxygen atoms in total. The van der Waals surface area contributed by atoms with Gasteiger partial charge >= 0.3 is 0 Å². The monoisotopic (exact) mass is 450 g/mol. The third-order valence-electron chi connectivity index (χ3n) is 5.84. The molecule has 174 valence electrons. The molecule has 0 radical (unpaired) electrons. The van der Waals surface area contributed by atoms with Crippen LogP contribution in [0.25, 0.3) is 11.3 Å². The Kier molecular flexibility index (Phi) is 7.09. The molecule has 1 aliphatic rings. The predicted molar refractivity (Wildman–Crippen MR) is 127 cm³/mol. The van der Waals surface area contributed by atoms with Gasteiger partial charge in [-0.1, -0.05) is 35.5 Å². The van der Waals surface area contributed by atoms with Gasteiger partial charge in [0, 0.05) is 18.2 Å². The Hall–Kier alpha value is -3.59. The van der Waals surface area contributed by atoms with Gasteiger partial charge in [0.05, 0.1) is 18.8 Å². The minimum atomic E-state index is -0.278. The van der Waals surface area contributed by atoms with E-state index in [1.54, 1.807) is 0 Å². The largest absolute Gasteiger partial charge is 0.476 e. The van der Waals surface area contributed by atoms with Gasteiger partial charge < -0.3 is 26.0 Å². The van der Waals surface area contributed by atoms with Crippen LogP contribution in [-0.2, 0) is 6.54 Å². The molecule has 0 spiro atoms. The fraction of sp³-hybridized carbons (Fsp3) is 0.375. The van der Waals surface area contributed by atoms with Crippen molar-refractivity contribution in [2.24, 2.45) is 5.92 Å². The number of benzene rings is 1. The molecule has 5 N–H and O–H groups in total. The topological polar surface area (TPSA) is 133 Å². The van der Waals surface area contributed by atoms with Gasteiger partial charge in [0.15, 0.2) is 5.76 Å². The van der Waals surface area contributed by atoms with Crippen LogP contribution in [0.5, 0.6) is 5.88 Å². The molecule has 0 saturated carbocycles. The van der Waals surface area contributed by atoms with Crippen LogP contribution < -0.4 is 21.5 Å². The van der Waals surface area contributed by atoms with E-state index in [2.05, 4.69) is 20.4 Å². The van der Waals surface area contributed by atoms with Crippen molar-refractivity contribution in [3.8, 4) is 17.1 Å². The Labute approximate surface area is 193 Å². The van der Waals surface area contributed by atoms with E-state index in [0.29, 0.717) is 19.1 Å². The summed E-state index contributed by atoms with van der Waals surface area (Å²) in [5, 5.41) is 7.16. The number of nitrogens with two attached hydrogens (primary N) is 2. The zero-order valence-electron chi connectivity index (χ0n) is 18.8. The van der Waals surface area contributed by atoms with E-state index >= 15 is 0 Å². The molecule has 0 atom stereocenters. The van der Waals surface area contributed by atoms with E-state index in [4.69, 9.17) is 20.7 Å². The molecule has 2 aromatic heterocycles. The second-order valence-electron chi connectivity index (χ2n) is 8.22. The van der Waals surface area contributed by atoms with Crippen molar-refractivity contribution in [3.63, 3.8) is 0 Å². The summed E-state index contributed by atoms with van der Waals surface area (Å²) in [5.41, 5.74) is 14.4. The molecule has 1 aromatic carbocycles. The maximum absolute atomic E-state index is 12.6. The van der Waals surface area contributed by atoms with E-state index in [-0.39, 0.29) is 28.9 Å². The maximum atomic E-state index is 12.6. The van der Waals surface area contributed by atoms with Crippen molar-refractivity contribution in [1.82, 2.24) is 20.4 Å². The Morgan fingerprint density at radius 2 is 1.97 bits per heavy atom. The minimum Gasteiger partial charge on any atom is -0.476 e. The highest BCUT2D eigenvalue weighted by molar-refractivity contribution is 5.94. The number of hydrogen-bond acceptors (Lipinski definition) is 8. The number of amides is 1. The Balaban J connectivity index is 1.25. The Bertz CT molecular complexity index is 1080. The van der Waals surface area contributed by atoms with E-state index in [1.807, 2.05) is 43.3 Å². The zero-order valence-corrected chi connectivity index (χ0v) is 18.8. The van der Waals surface area contributed by atoms with Gasteiger partial charge in [0.2, 0.25) is 5.88 Å². The lowest BCUT2D eigenvalue weighted by Crippen LogP contribution is -2.38. The number of nitrogens with zero attached hydrogens (tertiary/aromatic N) is 3. The van der Waals surface area contributed by atoms with E-state index in [1.165, 1.54) is 6.07 Å². The SMILES string of the molecule is CCOc1nc(C(=O)NCC2CCN(Cc3cc(-c4ccccc4)no3)CC2)cc(N)c1N. The number of ether oxygens (including phenoxy) is 1. The average molecular weight is 451 g/mol. The zero-order chi connectivity index (χ0) is 23.2. The lowest BCUT2D eigenvalue weighted by Gasteiger charge is -2.31. The molecule has 1 saturated heterocycles. The van der Waals surface area contributed by atoms with Crippen molar-refractivity contribution in [2.75, 3.05) is 37.7 Å². The third-order valence-corrected chi connectivity index (χ3v) is 5.84. The Morgan fingerprint density at radius 1 is 1.21 bits per heavy atom. The third kappa shape index (κ3) is 5.61. The molecule has 9 heteroatoms. The number of carbonyl (C=O) groups excluding carboxylic acids is 1. The second kappa shape index (κ2) is 10.4. The second-order valence-corrected chi connectivity index (χ2v) is 8.22. The molecular formula is C24H30N6O3. The molecule has 4 rings (SSSR count). The van der Waals surface area contributed by atoms with Crippen molar-refractivity contribution in [1.29, 1.82) is 0 Å². The first-order valence-corrected chi connectivity index (χ1v) is 11.2. The molecule has 1 fully saturated rings. The number of likely N-dealkylation sites (tertiary alicyclic amines) is 1. The first kappa shape index (κ1) is 22.6. The number of pyridine rings is 1. The summed E-state index contributed by atoms with van der Waals surface area (Å²) in [6.45, 7) is 5.40. The van der Waals surface area contributed by atoms with Crippen molar-refractivity contribution < 1.29 is 14.1 Å². The summed E-state index contributed by atoms with van der Waals surface area (Å²) in [4.78, 5) is 19.1. The van der Waals surface area contributed by atoms with Gasteiger partial charge in [0.1, 0.15) is 17.1 Å². The van der Waals surface area contributed by atoms with Crippen LogP contribution in [0.15, 0.2) is 47.0 Å². The lowest BCUT2D eigenvalue weighted by molar-refractivity contribution is 0.0927. The number of carbonyl (C=O) groups is 1. The summed E-state index contributed by atoms with van der Waals surface area (Å²) in [6, 6.07) is 13.5. The van der Waals surface area contributed by atoms with Crippen molar-refractivity contribution in [2.45, 2.75) is 26.3 Å². The standard InChI is InChI=1S/C24H30N6O3/c1-2-32-24-22(26)19(25)13-21(28-24)23(31)27-14-16-8-10-30(11-9-16)15-18-12-20(29-33-18)17-6-4-3-5-7-17/h3-7,12-13,16H,2,8-11,14-15,26H2,1H3,(H2,25,28)(H,27,31). The first-order chi connectivity index (χ1) is 16.0. The maximum Gasteiger partial charge on any atom is 0.270 e. The minimum absolute atomic E-state index is 0.193. The summed E-state index contributed by atoms with van der Waals surface area (Å²) in [5.74, 6) is 1.17. The highest BCUT2D eigenvalue weighted by atomic mass is 16.5. The molecule has 33 heavy (non-hydrogen) atoms. The van der Waals surface area contributed by atoms with Crippen molar-refractivity contribution >= 4 is 17.3 Å². The number of rotatable bonds is 8. The number of nitrogen functional groups attached to an aromatic ring is 2. The number of aromatic nitrogens is 2. The van der Waals surface area contributed by atoms with Gasteiger partial charge in [-0.05, 0) is 44.8 Å². The van der Waals surface area contributed by atoms with Crippen LogP contribution in [0.2, 0.25) is 0 Å². The van der Waals surface area contributed by atoms with Crippen LogP contribution in [0.4, 0.5) is 11.4 Å². The van der Waals surface area contributed by atoms with E-state index in [0.717, 1.165) is 49.5 Å². The highest BCUT2D eigenvalue weighted by Crippen LogP contribution is 2.26. The van der Waals surface area contributed by atoms with Crippen LogP contribution in [-0.4, -0.2) is 47.2 Å². The molecule has 1 aliphatic heterocycles. The summed E-state index contributed by atoms with van der Waals surface area (Å²) < 4.78 is 10.9. The summed E-state index contributed by atoms with van der Waals surface area (Å²) in [7, 11) is 0. The number of nitrogens with one attached hydrogen (secondary N) is 1. The lowest BCUT2D eigenvalue weighted by atomic mass is 9.96. The van der Waals surface area contributed by atoms with E-state index in [9.17, 15) is 4.79 Å². The van der Waals surface area contributed by atoms with Gasteiger partial charge in [-0.3, -0.25) is 9.69 Å². The van der Waals surface area contributed by atoms with Crippen LogP contribution in [0, 0.1) is 5.92 Å². The molecule has 0 unspecified atom stereocenters. The quantitative estimate of drug-likeness (QED) is 0.477. The van der Waals surface area contributed by atoms with Gasteiger partial charge in [-0.2, -0.15) is 0 Å². The first-order valence-electron chi connectivity index (χ1n) is 11.2. The van der Waals surface area contributed by atoms with Crippen LogP contribution in [0.1, 0.15) is 36.0 Å². The summed E-state index contributed by atoms with van der Waals surface area (Å²) in [6.07, 6.45) is 1.98. The molecule has 1 amide bonds. The molecule has 3 aromatic rings. The van der Waals surface area contributed by atoms with E-state index < -0.39 is 0 Å². The number of hydrogen-bond donors (Lipinski definition) is 3. The van der Waals surface area contributed by atoms with Gasteiger partial charge in [-0.15, -0.1) is 0 Å².